The Morgan fingerprint density at radius 2 is 1.97 bits per heavy atom. The molecule has 1 heterocycles. The van der Waals surface area contributed by atoms with Gasteiger partial charge in [0.1, 0.15) is 17.5 Å². The van der Waals surface area contributed by atoms with Crippen LogP contribution in [0.2, 0.25) is 0 Å². The molecule has 1 aromatic heterocycles. The van der Waals surface area contributed by atoms with Crippen molar-refractivity contribution in [2.24, 2.45) is 4.99 Å². The molecule has 0 saturated heterocycles. The number of ether oxygens (including phenoxy) is 2. The topological polar surface area (TPSA) is 123 Å². The summed E-state index contributed by atoms with van der Waals surface area (Å²) in [5.74, 6) is 2.31. The summed E-state index contributed by atoms with van der Waals surface area (Å²) in [6.07, 6.45) is 1.35. The van der Waals surface area contributed by atoms with Crippen molar-refractivity contribution in [2.75, 3.05) is 38.4 Å². The van der Waals surface area contributed by atoms with Crippen molar-refractivity contribution in [1.29, 1.82) is 5.26 Å². The first-order valence-corrected chi connectivity index (χ1v) is 10.7. The number of halogens is 1. The number of hydrogen-bond acceptors (Lipinski definition) is 6. The second kappa shape index (κ2) is 13.3. The number of aryl methyl sites for hydroxylation is 1. The van der Waals surface area contributed by atoms with E-state index in [-0.39, 0.29) is 24.0 Å². The second-order valence-corrected chi connectivity index (χ2v) is 7.09. The minimum Gasteiger partial charge on any atom is -0.493 e. The Bertz CT molecular complexity index is 1140. The number of nitrogen functional groups attached to an aromatic ring is 1. The molecule has 2 aromatic carbocycles. The molecule has 0 aliphatic heterocycles. The van der Waals surface area contributed by atoms with Gasteiger partial charge in [0, 0.05) is 25.3 Å². The van der Waals surface area contributed by atoms with Crippen LogP contribution in [0.4, 0.5) is 11.5 Å². The van der Waals surface area contributed by atoms with Gasteiger partial charge >= 0.3 is 0 Å². The SMILES string of the molecule is CCOc1ccc(NC(=NC)NCCCc2nn(-c3ccccc3)c(N)c2C#N)cc1OC.I. The maximum Gasteiger partial charge on any atom is 0.195 e. The predicted octanol–water partition coefficient (Wildman–Crippen LogP) is 3.97. The van der Waals surface area contributed by atoms with Gasteiger partial charge in [0.05, 0.1) is 25.1 Å². The van der Waals surface area contributed by atoms with Gasteiger partial charge in [0.25, 0.3) is 0 Å². The van der Waals surface area contributed by atoms with Crippen molar-refractivity contribution in [3.05, 3.63) is 59.8 Å². The van der Waals surface area contributed by atoms with Crippen LogP contribution in [0.5, 0.6) is 11.5 Å². The van der Waals surface area contributed by atoms with Gasteiger partial charge in [-0.1, -0.05) is 18.2 Å². The molecule has 0 saturated carbocycles. The zero-order chi connectivity index (χ0) is 23.6. The fraction of sp³-hybridized carbons (Fsp3) is 0.292. The van der Waals surface area contributed by atoms with Crippen molar-refractivity contribution < 1.29 is 9.47 Å². The number of nitrogens with one attached hydrogen (secondary N) is 2. The molecule has 9 nitrogen and oxygen atoms in total. The summed E-state index contributed by atoms with van der Waals surface area (Å²) < 4.78 is 12.6. The number of rotatable bonds is 9. The molecule has 34 heavy (non-hydrogen) atoms. The smallest absolute Gasteiger partial charge is 0.195 e. The van der Waals surface area contributed by atoms with Crippen LogP contribution < -0.4 is 25.8 Å². The quantitative estimate of drug-likeness (QED) is 0.153. The van der Waals surface area contributed by atoms with E-state index in [0.717, 1.165) is 17.8 Å². The Hall–Kier alpha value is -3.46. The molecule has 180 valence electrons. The first kappa shape index (κ1) is 26.8. The molecule has 0 aliphatic rings. The van der Waals surface area contributed by atoms with Crippen LogP contribution in [0.15, 0.2) is 53.5 Å². The molecule has 0 bridgehead atoms. The predicted molar refractivity (Wildman–Crippen MR) is 146 cm³/mol. The molecule has 3 rings (SSSR count). The van der Waals surface area contributed by atoms with E-state index in [1.54, 1.807) is 18.8 Å². The van der Waals surface area contributed by atoms with E-state index in [2.05, 4.69) is 26.8 Å². The lowest BCUT2D eigenvalue weighted by atomic mass is 10.1. The standard InChI is InChI=1S/C24H29N7O2.HI/c1-4-33-21-13-12-17(15-22(21)32-3)29-24(27-2)28-14-8-11-20-19(16-25)23(26)31(30-20)18-9-6-5-7-10-18;/h5-7,9-10,12-13,15H,4,8,11,14,26H2,1-3H3,(H2,27,28,29);1H. The van der Waals surface area contributed by atoms with Crippen molar-refractivity contribution in [3.63, 3.8) is 0 Å². The van der Waals surface area contributed by atoms with Gasteiger partial charge in [0.2, 0.25) is 0 Å². The summed E-state index contributed by atoms with van der Waals surface area (Å²) in [5.41, 5.74) is 8.92. The Labute approximate surface area is 217 Å². The summed E-state index contributed by atoms with van der Waals surface area (Å²) in [5, 5.41) is 20.6. The maximum atomic E-state index is 9.56. The minimum atomic E-state index is 0. The van der Waals surface area contributed by atoms with Gasteiger partial charge in [-0.15, -0.1) is 24.0 Å². The first-order chi connectivity index (χ1) is 16.1. The average molecular weight is 575 g/mol. The molecule has 3 aromatic rings. The Morgan fingerprint density at radius 3 is 2.62 bits per heavy atom. The minimum absolute atomic E-state index is 0. The van der Waals surface area contributed by atoms with Crippen LogP contribution in [0, 0.1) is 11.3 Å². The fourth-order valence-electron chi connectivity index (χ4n) is 3.34. The summed E-state index contributed by atoms with van der Waals surface area (Å²) in [6.45, 7) is 3.13. The lowest BCUT2D eigenvalue weighted by molar-refractivity contribution is 0.311. The summed E-state index contributed by atoms with van der Waals surface area (Å²) in [7, 11) is 3.31. The molecule has 0 spiro atoms. The number of methoxy groups -OCH3 is 1. The fourth-order valence-corrected chi connectivity index (χ4v) is 3.34. The average Bonchev–Trinajstić information content (AvgIpc) is 3.17. The molecule has 0 fully saturated rings. The highest BCUT2D eigenvalue weighted by atomic mass is 127. The second-order valence-electron chi connectivity index (χ2n) is 7.09. The van der Waals surface area contributed by atoms with Crippen molar-refractivity contribution in [3.8, 4) is 23.3 Å². The first-order valence-electron chi connectivity index (χ1n) is 10.7. The molecule has 0 radical (unpaired) electrons. The zero-order valence-corrected chi connectivity index (χ0v) is 21.9. The molecule has 0 aliphatic carbocycles. The number of nitrogens with two attached hydrogens (primary N) is 1. The van der Waals surface area contributed by atoms with Gasteiger partial charge in [-0.3, -0.25) is 4.99 Å². The number of anilines is 2. The lowest BCUT2D eigenvalue weighted by Crippen LogP contribution is -2.31. The van der Waals surface area contributed by atoms with E-state index >= 15 is 0 Å². The van der Waals surface area contributed by atoms with Crippen LogP contribution in [0.1, 0.15) is 24.6 Å². The zero-order valence-electron chi connectivity index (χ0n) is 19.5. The summed E-state index contributed by atoms with van der Waals surface area (Å²) in [4.78, 5) is 4.26. The molecule has 0 atom stereocenters. The third kappa shape index (κ3) is 6.54. The summed E-state index contributed by atoms with van der Waals surface area (Å²) in [6, 6.07) is 17.3. The van der Waals surface area contributed by atoms with Crippen molar-refractivity contribution in [1.82, 2.24) is 15.1 Å². The Morgan fingerprint density at radius 1 is 1.21 bits per heavy atom. The van der Waals surface area contributed by atoms with Crippen LogP contribution in [0.25, 0.3) is 5.69 Å². The largest absolute Gasteiger partial charge is 0.493 e. The van der Waals surface area contributed by atoms with Crippen LogP contribution in [-0.4, -0.2) is 43.0 Å². The van der Waals surface area contributed by atoms with E-state index in [9.17, 15) is 5.26 Å². The van der Waals surface area contributed by atoms with Crippen molar-refractivity contribution in [2.45, 2.75) is 19.8 Å². The van der Waals surface area contributed by atoms with E-state index in [0.29, 0.717) is 54.1 Å². The van der Waals surface area contributed by atoms with Crippen LogP contribution in [0.3, 0.4) is 0 Å². The van der Waals surface area contributed by atoms with Crippen LogP contribution in [-0.2, 0) is 6.42 Å². The number of aliphatic imine (C=N–C) groups is 1. The molecule has 4 N–H and O–H groups in total. The normalized spacial score (nSPS) is 10.7. The number of para-hydroxylation sites is 1. The monoisotopic (exact) mass is 575 g/mol. The summed E-state index contributed by atoms with van der Waals surface area (Å²) >= 11 is 0. The third-order valence-electron chi connectivity index (χ3n) is 4.94. The number of hydrogen-bond donors (Lipinski definition) is 3. The van der Waals surface area contributed by atoms with Gasteiger partial charge in [-0.25, -0.2) is 4.68 Å². The third-order valence-corrected chi connectivity index (χ3v) is 4.94. The molecular formula is C24H30IN7O2. The van der Waals surface area contributed by atoms with Gasteiger partial charge in [-0.2, -0.15) is 10.4 Å². The number of nitriles is 1. The number of aromatic nitrogens is 2. The van der Waals surface area contributed by atoms with Gasteiger partial charge in [-0.05, 0) is 44.0 Å². The number of benzene rings is 2. The van der Waals surface area contributed by atoms with E-state index < -0.39 is 0 Å². The molecule has 10 heteroatoms. The Kier molecular flexibility index (Phi) is 10.5. The van der Waals surface area contributed by atoms with Gasteiger partial charge in [0.15, 0.2) is 17.5 Å². The highest BCUT2D eigenvalue weighted by Crippen LogP contribution is 2.30. The molecule has 0 amide bonds. The van der Waals surface area contributed by atoms with E-state index in [4.69, 9.17) is 15.2 Å². The molecule has 0 unspecified atom stereocenters. The van der Waals surface area contributed by atoms with Crippen molar-refractivity contribution >= 4 is 41.4 Å². The Balaban J connectivity index is 0.00000408. The highest BCUT2D eigenvalue weighted by Gasteiger charge is 2.16. The number of guanidine groups is 1. The highest BCUT2D eigenvalue weighted by molar-refractivity contribution is 14.0. The maximum absolute atomic E-state index is 9.56. The van der Waals surface area contributed by atoms with E-state index in [1.807, 2.05) is 55.5 Å². The molecular weight excluding hydrogens is 545 g/mol. The van der Waals surface area contributed by atoms with Gasteiger partial charge < -0.3 is 25.8 Å². The van der Waals surface area contributed by atoms with E-state index in [1.165, 1.54) is 0 Å². The lowest BCUT2D eigenvalue weighted by Gasteiger charge is -2.14. The van der Waals surface area contributed by atoms with Crippen LogP contribution >= 0.6 is 24.0 Å². The number of nitrogens with zero attached hydrogens (tertiary/aromatic N) is 4.